The summed E-state index contributed by atoms with van der Waals surface area (Å²) in [4.78, 5) is 0. The van der Waals surface area contributed by atoms with Crippen molar-refractivity contribution in [1.29, 1.82) is 0 Å². The highest BCUT2D eigenvalue weighted by Gasteiger charge is 1.87. The Balaban J connectivity index is 0.000000640. The third-order valence-electron chi connectivity index (χ3n) is 1.09. The fraction of sp³-hybridized carbons (Fsp3) is 0.286. The Bertz CT molecular complexity index is 169. The number of hydrogen-bond acceptors (Lipinski definition) is 0. The molecule has 0 aromatic carbocycles. The topological polar surface area (TPSA) is 3.88 Å². The molecule has 1 aromatic rings. The Morgan fingerprint density at radius 1 is 1.44 bits per heavy atom. The molecule has 0 N–H and O–H groups in total. The van der Waals surface area contributed by atoms with Gasteiger partial charge in [-0.3, -0.25) is 0 Å². The second-order valence-electron chi connectivity index (χ2n) is 2.05. The lowest BCUT2D eigenvalue weighted by Gasteiger charge is -1.85. The van der Waals surface area contributed by atoms with Gasteiger partial charge in [0.15, 0.2) is 12.4 Å². The average Bonchev–Trinajstić information content (AvgIpc) is 1.64. The van der Waals surface area contributed by atoms with Crippen molar-refractivity contribution in [3.05, 3.63) is 30.1 Å². The summed E-state index contributed by atoms with van der Waals surface area (Å²) in [7, 11) is 2.02. The molecule has 1 nitrogen and oxygen atoms in total. The highest BCUT2D eigenvalue weighted by molar-refractivity contribution is 5.85. The molecule has 0 unspecified atom stereocenters. The van der Waals surface area contributed by atoms with E-state index in [2.05, 4.69) is 19.2 Å². The van der Waals surface area contributed by atoms with Crippen molar-refractivity contribution in [2.45, 2.75) is 6.92 Å². The monoisotopic (exact) mass is 144 g/mol. The lowest BCUT2D eigenvalue weighted by atomic mass is 10.3. The van der Waals surface area contributed by atoms with Crippen LogP contribution in [-0.2, 0) is 7.05 Å². The molecule has 0 saturated carbocycles. The van der Waals surface area contributed by atoms with Crippen LogP contribution < -0.4 is 4.57 Å². The molecule has 9 heavy (non-hydrogen) atoms. The van der Waals surface area contributed by atoms with E-state index < -0.39 is 0 Å². The van der Waals surface area contributed by atoms with Crippen molar-refractivity contribution >= 4 is 12.4 Å². The average molecular weight is 145 g/mol. The zero-order valence-corrected chi connectivity index (χ0v) is 6.48. The number of halogens is 1. The zero-order chi connectivity index (χ0) is 5.98. The van der Waals surface area contributed by atoms with E-state index >= 15 is 0 Å². The number of nitrogens with zero attached hydrogens (tertiary/aromatic N) is 1. The number of rotatable bonds is 0. The normalized spacial score (nSPS) is 8.22. The summed E-state index contributed by atoms with van der Waals surface area (Å²) in [6.45, 7) is 2.08. The quantitative estimate of drug-likeness (QED) is 0.483. The van der Waals surface area contributed by atoms with Crippen LogP contribution in [0.2, 0.25) is 0 Å². The van der Waals surface area contributed by atoms with E-state index in [1.54, 1.807) is 0 Å². The van der Waals surface area contributed by atoms with Crippen LogP contribution in [0.1, 0.15) is 5.56 Å². The van der Waals surface area contributed by atoms with Crippen molar-refractivity contribution in [1.82, 2.24) is 0 Å². The van der Waals surface area contributed by atoms with Crippen LogP contribution in [0.5, 0.6) is 0 Å². The van der Waals surface area contributed by atoms with Gasteiger partial charge in [-0.1, -0.05) is 0 Å². The molecule has 1 rings (SSSR count). The first-order valence-electron chi connectivity index (χ1n) is 2.71. The Kier molecular flexibility index (Phi) is 3.25. The third-order valence-corrected chi connectivity index (χ3v) is 1.09. The van der Waals surface area contributed by atoms with Gasteiger partial charge in [-0.25, -0.2) is 4.57 Å². The standard InChI is InChI=1S/C7H10N.ClH/c1-7-4-3-5-8(2)6-7;/h3-6H,1-2H3;1H/q+1;. The molecule has 0 aliphatic carbocycles. The SMILES string of the molecule is Cc1ccc[n+](C)c1.Cl. The van der Waals surface area contributed by atoms with E-state index in [9.17, 15) is 0 Å². The van der Waals surface area contributed by atoms with E-state index in [4.69, 9.17) is 0 Å². The van der Waals surface area contributed by atoms with Crippen molar-refractivity contribution in [2.75, 3.05) is 0 Å². The molecule has 0 fully saturated rings. The van der Waals surface area contributed by atoms with Gasteiger partial charge in [0.1, 0.15) is 7.05 Å². The lowest BCUT2D eigenvalue weighted by molar-refractivity contribution is -0.671. The number of pyridine rings is 1. The zero-order valence-electron chi connectivity index (χ0n) is 5.66. The molecule has 1 heterocycles. The first-order chi connectivity index (χ1) is 3.79. The molecule has 0 amide bonds. The first kappa shape index (κ1) is 8.44. The molecule has 0 aliphatic rings. The van der Waals surface area contributed by atoms with E-state index in [0.717, 1.165) is 0 Å². The summed E-state index contributed by atoms with van der Waals surface area (Å²) in [6.07, 6.45) is 4.10. The van der Waals surface area contributed by atoms with Crippen LogP contribution in [0.25, 0.3) is 0 Å². The fourth-order valence-corrected chi connectivity index (χ4v) is 0.738. The molecular formula is C7H11ClN+. The minimum absolute atomic E-state index is 0. The van der Waals surface area contributed by atoms with Crippen LogP contribution in [0, 0.1) is 6.92 Å². The van der Waals surface area contributed by atoms with E-state index in [1.807, 2.05) is 23.9 Å². The summed E-state index contributed by atoms with van der Waals surface area (Å²) in [6, 6.07) is 4.12. The van der Waals surface area contributed by atoms with Gasteiger partial charge in [0.2, 0.25) is 0 Å². The predicted molar refractivity (Wildman–Crippen MR) is 39.6 cm³/mol. The van der Waals surface area contributed by atoms with E-state index in [-0.39, 0.29) is 12.4 Å². The second kappa shape index (κ2) is 3.46. The molecule has 1 aromatic heterocycles. The molecule has 0 saturated heterocycles. The van der Waals surface area contributed by atoms with Crippen molar-refractivity contribution in [2.24, 2.45) is 7.05 Å². The highest BCUT2D eigenvalue weighted by atomic mass is 35.5. The number of aryl methyl sites for hydroxylation is 2. The van der Waals surface area contributed by atoms with Crippen molar-refractivity contribution in [3.63, 3.8) is 0 Å². The second-order valence-corrected chi connectivity index (χ2v) is 2.05. The number of aromatic nitrogens is 1. The summed E-state index contributed by atoms with van der Waals surface area (Å²) in [5.74, 6) is 0. The largest absolute Gasteiger partial charge is 0.208 e. The first-order valence-corrected chi connectivity index (χ1v) is 2.71. The van der Waals surface area contributed by atoms with Gasteiger partial charge in [-0.2, -0.15) is 0 Å². The summed E-state index contributed by atoms with van der Waals surface area (Å²) >= 11 is 0. The Hall–Kier alpha value is -0.560. The summed E-state index contributed by atoms with van der Waals surface area (Å²) in [5, 5.41) is 0. The molecule has 0 bridgehead atoms. The minimum atomic E-state index is 0. The van der Waals surface area contributed by atoms with Crippen LogP contribution in [-0.4, -0.2) is 0 Å². The molecule has 50 valence electrons. The Morgan fingerprint density at radius 2 is 2.11 bits per heavy atom. The maximum Gasteiger partial charge on any atom is 0.171 e. The highest BCUT2D eigenvalue weighted by Crippen LogP contribution is 1.86. The van der Waals surface area contributed by atoms with Gasteiger partial charge in [-0.05, 0) is 13.0 Å². The Labute approximate surface area is 61.7 Å². The molecule has 0 atom stereocenters. The molecule has 2 heteroatoms. The molecule has 0 aliphatic heterocycles. The lowest BCUT2D eigenvalue weighted by Crippen LogP contribution is -2.26. The van der Waals surface area contributed by atoms with Crippen LogP contribution >= 0.6 is 12.4 Å². The predicted octanol–water partition coefficient (Wildman–Crippen LogP) is 1.24. The van der Waals surface area contributed by atoms with Gasteiger partial charge in [0.05, 0.1) is 0 Å². The van der Waals surface area contributed by atoms with Crippen molar-refractivity contribution in [3.8, 4) is 0 Å². The molecule has 0 radical (unpaired) electrons. The van der Waals surface area contributed by atoms with Crippen LogP contribution in [0.4, 0.5) is 0 Å². The fourth-order valence-electron chi connectivity index (χ4n) is 0.738. The van der Waals surface area contributed by atoms with Gasteiger partial charge in [0, 0.05) is 11.6 Å². The summed E-state index contributed by atoms with van der Waals surface area (Å²) in [5.41, 5.74) is 1.30. The number of hydrogen-bond donors (Lipinski definition) is 0. The smallest absolute Gasteiger partial charge is 0.171 e. The molecular weight excluding hydrogens is 134 g/mol. The van der Waals surface area contributed by atoms with Gasteiger partial charge >= 0.3 is 0 Å². The van der Waals surface area contributed by atoms with Gasteiger partial charge in [0.25, 0.3) is 0 Å². The maximum atomic E-state index is 2.08. The Morgan fingerprint density at radius 3 is 2.44 bits per heavy atom. The van der Waals surface area contributed by atoms with Crippen LogP contribution in [0.3, 0.4) is 0 Å². The maximum absolute atomic E-state index is 2.08. The van der Waals surface area contributed by atoms with Gasteiger partial charge < -0.3 is 0 Å². The van der Waals surface area contributed by atoms with Crippen molar-refractivity contribution < 1.29 is 4.57 Å². The third kappa shape index (κ3) is 2.47. The summed E-state index contributed by atoms with van der Waals surface area (Å²) < 4.78 is 2.04. The minimum Gasteiger partial charge on any atom is -0.208 e. The molecule has 0 spiro atoms. The van der Waals surface area contributed by atoms with Gasteiger partial charge in [-0.15, -0.1) is 12.4 Å². The van der Waals surface area contributed by atoms with E-state index in [0.29, 0.717) is 0 Å². The van der Waals surface area contributed by atoms with E-state index in [1.165, 1.54) is 5.56 Å². The van der Waals surface area contributed by atoms with Crippen LogP contribution in [0.15, 0.2) is 24.5 Å².